The van der Waals surface area contributed by atoms with Gasteiger partial charge in [-0.1, -0.05) is 0 Å². The zero-order valence-corrected chi connectivity index (χ0v) is 9.12. The van der Waals surface area contributed by atoms with E-state index in [2.05, 4.69) is 4.98 Å². The molecule has 2 aromatic rings. The van der Waals surface area contributed by atoms with E-state index < -0.39 is 5.97 Å². The standard InChI is InChI=1S/C12H10N2O3/c1-8(15)2-3-9-4-5-11-13-6-10(12(16)17)14(11)7-9/h2-7H,1H3,(H,16,17)/b3-2+. The number of carbonyl (C=O) groups is 2. The van der Waals surface area contributed by atoms with Crippen LogP contribution < -0.4 is 0 Å². The zero-order chi connectivity index (χ0) is 12.4. The Morgan fingerprint density at radius 3 is 2.82 bits per heavy atom. The molecule has 2 aromatic heterocycles. The van der Waals surface area contributed by atoms with Crippen LogP contribution in [0, 0.1) is 0 Å². The maximum atomic E-state index is 10.9. The minimum atomic E-state index is -1.04. The summed E-state index contributed by atoms with van der Waals surface area (Å²) in [7, 11) is 0. The average molecular weight is 230 g/mol. The number of allylic oxidation sites excluding steroid dienone is 1. The van der Waals surface area contributed by atoms with Crippen LogP contribution in [0.3, 0.4) is 0 Å². The number of nitrogens with zero attached hydrogens (tertiary/aromatic N) is 2. The highest BCUT2D eigenvalue weighted by atomic mass is 16.4. The number of hydrogen-bond donors (Lipinski definition) is 1. The molecule has 0 saturated carbocycles. The molecule has 0 radical (unpaired) electrons. The fourth-order valence-corrected chi connectivity index (χ4v) is 1.47. The highest BCUT2D eigenvalue weighted by Gasteiger charge is 2.09. The maximum Gasteiger partial charge on any atom is 0.354 e. The summed E-state index contributed by atoms with van der Waals surface area (Å²) in [4.78, 5) is 25.7. The van der Waals surface area contributed by atoms with E-state index in [0.29, 0.717) is 5.65 Å². The number of hydrogen-bond acceptors (Lipinski definition) is 3. The number of aromatic carboxylic acids is 1. The molecule has 0 fully saturated rings. The lowest BCUT2D eigenvalue weighted by Crippen LogP contribution is -2.01. The first-order valence-electron chi connectivity index (χ1n) is 4.97. The molecule has 0 saturated heterocycles. The van der Waals surface area contributed by atoms with Crippen LogP contribution in [0.1, 0.15) is 23.0 Å². The minimum Gasteiger partial charge on any atom is -0.477 e. The largest absolute Gasteiger partial charge is 0.477 e. The summed E-state index contributed by atoms with van der Waals surface area (Å²) in [6.07, 6.45) is 5.99. The van der Waals surface area contributed by atoms with Gasteiger partial charge >= 0.3 is 5.97 Å². The van der Waals surface area contributed by atoms with Gasteiger partial charge in [0.25, 0.3) is 0 Å². The molecule has 0 unspecified atom stereocenters. The van der Waals surface area contributed by atoms with Crippen molar-refractivity contribution >= 4 is 23.5 Å². The number of carboxylic acids is 1. The van der Waals surface area contributed by atoms with E-state index >= 15 is 0 Å². The monoisotopic (exact) mass is 230 g/mol. The normalized spacial score (nSPS) is 11.1. The van der Waals surface area contributed by atoms with E-state index in [0.717, 1.165) is 5.56 Å². The molecule has 5 heteroatoms. The number of carbonyl (C=O) groups excluding carboxylic acids is 1. The second-order valence-corrected chi connectivity index (χ2v) is 3.58. The van der Waals surface area contributed by atoms with Gasteiger partial charge in [0, 0.05) is 6.20 Å². The van der Waals surface area contributed by atoms with Gasteiger partial charge in [-0.3, -0.25) is 9.20 Å². The van der Waals surface area contributed by atoms with E-state index in [-0.39, 0.29) is 11.5 Å². The topological polar surface area (TPSA) is 71.7 Å². The Labute approximate surface area is 97.0 Å². The minimum absolute atomic E-state index is 0.0609. The van der Waals surface area contributed by atoms with Crippen LogP contribution in [0.4, 0.5) is 0 Å². The van der Waals surface area contributed by atoms with Crippen LogP contribution in [-0.2, 0) is 4.79 Å². The lowest BCUT2D eigenvalue weighted by Gasteiger charge is -1.98. The van der Waals surface area contributed by atoms with E-state index in [1.54, 1.807) is 24.4 Å². The van der Waals surface area contributed by atoms with Crippen LogP contribution in [0.2, 0.25) is 0 Å². The number of ketones is 1. The summed E-state index contributed by atoms with van der Waals surface area (Å²) >= 11 is 0. The zero-order valence-electron chi connectivity index (χ0n) is 9.12. The average Bonchev–Trinajstić information content (AvgIpc) is 2.69. The number of aromatic nitrogens is 2. The molecule has 2 rings (SSSR count). The quantitative estimate of drug-likeness (QED) is 0.813. The van der Waals surface area contributed by atoms with Crippen molar-refractivity contribution in [2.45, 2.75) is 6.92 Å². The first-order valence-corrected chi connectivity index (χ1v) is 4.97. The van der Waals surface area contributed by atoms with Gasteiger partial charge in [-0.25, -0.2) is 9.78 Å². The van der Waals surface area contributed by atoms with Crippen molar-refractivity contribution in [1.29, 1.82) is 0 Å². The highest BCUT2D eigenvalue weighted by molar-refractivity contribution is 5.91. The second kappa shape index (κ2) is 4.21. The van der Waals surface area contributed by atoms with Gasteiger partial charge in [0.1, 0.15) is 5.65 Å². The predicted octanol–water partition coefficient (Wildman–Crippen LogP) is 1.63. The van der Waals surface area contributed by atoms with Crippen molar-refractivity contribution in [2.75, 3.05) is 0 Å². The Morgan fingerprint density at radius 2 is 2.18 bits per heavy atom. The van der Waals surface area contributed by atoms with Crippen LogP contribution in [0.25, 0.3) is 11.7 Å². The maximum absolute atomic E-state index is 10.9. The molecular formula is C12H10N2O3. The third-order valence-corrected chi connectivity index (χ3v) is 2.26. The number of imidazole rings is 1. The van der Waals surface area contributed by atoms with Crippen molar-refractivity contribution in [3.8, 4) is 0 Å². The van der Waals surface area contributed by atoms with E-state index in [1.807, 2.05) is 0 Å². The van der Waals surface area contributed by atoms with Crippen molar-refractivity contribution in [3.63, 3.8) is 0 Å². The molecule has 5 nitrogen and oxygen atoms in total. The van der Waals surface area contributed by atoms with Gasteiger partial charge in [0.05, 0.1) is 6.20 Å². The van der Waals surface area contributed by atoms with Gasteiger partial charge < -0.3 is 5.11 Å². The van der Waals surface area contributed by atoms with Crippen LogP contribution in [0.15, 0.2) is 30.6 Å². The fourth-order valence-electron chi connectivity index (χ4n) is 1.47. The van der Waals surface area contributed by atoms with Gasteiger partial charge in [-0.15, -0.1) is 0 Å². The van der Waals surface area contributed by atoms with Crippen molar-refractivity contribution < 1.29 is 14.7 Å². The Hall–Kier alpha value is -2.43. The van der Waals surface area contributed by atoms with Gasteiger partial charge in [0.15, 0.2) is 11.5 Å². The summed E-state index contributed by atoms with van der Waals surface area (Å²) in [5.74, 6) is -1.10. The van der Waals surface area contributed by atoms with E-state index in [4.69, 9.17) is 5.11 Å². The Morgan fingerprint density at radius 1 is 1.41 bits per heavy atom. The summed E-state index contributed by atoms with van der Waals surface area (Å²) in [6.45, 7) is 1.45. The molecule has 17 heavy (non-hydrogen) atoms. The van der Waals surface area contributed by atoms with Gasteiger partial charge in [0.2, 0.25) is 0 Å². The van der Waals surface area contributed by atoms with Crippen molar-refractivity contribution in [1.82, 2.24) is 9.38 Å². The van der Waals surface area contributed by atoms with Gasteiger partial charge in [-0.2, -0.15) is 0 Å². The molecule has 0 aliphatic rings. The smallest absolute Gasteiger partial charge is 0.354 e. The van der Waals surface area contributed by atoms with Crippen molar-refractivity contribution in [3.05, 3.63) is 41.9 Å². The molecule has 0 bridgehead atoms. The fraction of sp³-hybridized carbons (Fsp3) is 0.0833. The van der Waals surface area contributed by atoms with Crippen LogP contribution in [-0.4, -0.2) is 26.2 Å². The molecule has 0 aliphatic carbocycles. The Kier molecular flexibility index (Phi) is 2.74. The first kappa shape index (κ1) is 11.1. The molecule has 0 atom stereocenters. The summed E-state index contributed by atoms with van der Waals surface area (Å²) < 4.78 is 1.47. The number of rotatable bonds is 3. The molecule has 0 amide bonds. The number of pyridine rings is 1. The van der Waals surface area contributed by atoms with Gasteiger partial charge in [-0.05, 0) is 36.8 Å². The van der Waals surface area contributed by atoms with E-state index in [1.165, 1.54) is 23.6 Å². The summed E-state index contributed by atoms with van der Waals surface area (Å²) in [5.41, 5.74) is 1.40. The van der Waals surface area contributed by atoms with E-state index in [9.17, 15) is 9.59 Å². The molecule has 0 spiro atoms. The summed E-state index contributed by atoms with van der Waals surface area (Å²) in [6, 6.07) is 3.47. The molecule has 0 aromatic carbocycles. The predicted molar refractivity (Wildman–Crippen MR) is 61.9 cm³/mol. The molecule has 1 N–H and O–H groups in total. The molecule has 2 heterocycles. The molecule has 86 valence electrons. The van der Waals surface area contributed by atoms with Crippen LogP contribution >= 0.6 is 0 Å². The molecular weight excluding hydrogens is 220 g/mol. The first-order chi connectivity index (χ1) is 8.08. The Bertz CT molecular complexity index is 626. The lowest BCUT2D eigenvalue weighted by molar-refractivity contribution is -0.112. The third kappa shape index (κ3) is 2.23. The Balaban J connectivity index is 2.51. The lowest BCUT2D eigenvalue weighted by atomic mass is 10.2. The summed E-state index contributed by atoms with van der Waals surface area (Å²) in [5, 5.41) is 8.95. The second-order valence-electron chi connectivity index (χ2n) is 3.58. The van der Waals surface area contributed by atoms with Crippen LogP contribution in [0.5, 0.6) is 0 Å². The third-order valence-electron chi connectivity index (χ3n) is 2.26. The van der Waals surface area contributed by atoms with Crippen molar-refractivity contribution in [2.24, 2.45) is 0 Å². The number of carboxylic acid groups (broad SMARTS) is 1. The number of fused-ring (bicyclic) bond motifs is 1. The SMILES string of the molecule is CC(=O)/C=C/c1ccc2ncc(C(=O)O)n2c1. The molecule has 0 aliphatic heterocycles. The highest BCUT2D eigenvalue weighted by Crippen LogP contribution is 2.10.